The van der Waals surface area contributed by atoms with Crippen molar-refractivity contribution >= 4 is 39.5 Å². The lowest BCUT2D eigenvalue weighted by atomic mass is 9.99. The molecule has 3 unspecified atom stereocenters. The van der Waals surface area contributed by atoms with Gasteiger partial charge >= 0.3 is 39.5 Å². The third-order valence-corrected chi connectivity index (χ3v) is 20.8. The summed E-state index contributed by atoms with van der Waals surface area (Å²) in [5.41, 5.74) is 0. The highest BCUT2D eigenvalue weighted by atomic mass is 31.2. The molecule has 0 amide bonds. The van der Waals surface area contributed by atoms with Gasteiger partial charge in [0.2, 0.25) is 0 Å². The van der Waals surface area contributed by atoms with Gasteiger partial charge in [0.25, 0.3) is 0 Å². The zero-order chi connectivity index (χ0) is 71.9. The average molecular weight is 1440 g/mol. The lowest BCUT2D eigenvalue weighted by Gasteiger charge is -2.21. The highest BCUT2D eigenvalue weighted by molar-refractivity contribution is 7.47. The van der Waals surface area contributed by atoms with Gasteiger partial charge in [0.15, 0.2) is 12.2 Å². The molecule has 0 spiro atoms. The van der Waals surface area contributed by atoms with Crippen molar-refractivity contribution in [3.05, 3.63) is 0 Å². The summed E-state index contributed by atoms with van der Waals surface area (Å²) in [4.78, 5) is 73.0. The summed E-state index contributed by atoms with van der Waals surface area (Å²) in [5.74, 6) is -1.30. The number of carbonyl (C=O) groups is 4. The molecule has 0 rings (SSSR count). The third-order valence-electron chi connectivity index (χ3n) is 18.9. The maximum absolute atomic E-state index is 13.1. The number of hydrogen-bond donors (Lipinski definition) is 3. The minimum Gasteiger partial charge on any atom is -0.462 e. The predicted octanol–water partition coefficient (Wildman–Crippen LogP) is 23.6. The maximum Gasteiger partial charge on any atom is 0.472 e. The van der Waals surface area contributed by atoms with E-state index in [9.17, 15) is 43.2 Å². The van der Waals surface area contributed by atoms with Gasteiger partial charge in [-0.3, -0.25) is 37.3 Å². The Labute approximate surface area is 600 Å². The summed E-state index contributed by atoms with van der Waals surface area (Å²) < 4.78 is 68.7. The number of rotatable bonds is 79. The quantitative estimate of drug-likeness (QED) is 0.0222. The monoisotopic (exact) mass is 1440 g/mol. The Kier molecular flexibility index (Phi) is 70.6. The molecule has 98 heavy (non-hydrogen) atoms. The topological polar surface area (TPSA) is 237 Å². The number of unbranched alkanes of at least 4 members (excludes halogenated alkanes) is 50. The van der Waals surface area contributed by atoms with Gasteiger partial charge in [-0.25, -0.2) is 9.13 Å². The van der Waals surface area contributed by atoms with Crippen molar-refractivity contribution in [1.29, 1.82) is 0 Å². The molecule has 3 N–H and O–H groups in total. The van der Waals surface area contributed by atoms with Gasteiger partial charge in [-0.05, 0) is 31.6 Å². The Bertz CT molecular complexity index is 1880. The van der Waals surface area contributed by atoms with Crippen molar-refractivity contribution in [3.63, 3.8) is 0 Å². The summed E-state index contributed by atoms with van der Waals surface area (Å²) in [6.07, 6.45) is 62.2. The largest absolute Gasteiger partial charge is 0.472 e. The van der Waals surface area contributed by atoms with Gasteiger partial charge in [0.05, 0.1) is 26.4 Å². The molecule has 0 saturated carbocycles. The number of phosphoric ester groups is 2. The molecule has 0 aromatic rings. The van der Waals surface area contributed by atoms with Crippen LogP contribution in [0.5, 0.6) is 0 Å². The SMILES string of the molecule is CCCCCCCCCCCCCCCCCCCCC(=O)O[C@H](COC(=O)CCCCCCCCCCCCCCCCC)COP(=O)(O)OC[C@@H](O)COP(=O)(O)OC[C@@H](COC(=O)CCCCCCCCCCCCC)OC(=O)CCCCCCCCCCCCC(C)CC. The van der Waals surface area contributed by atoms with Gasteiger partial charge in [-0.1, -0.05) is 369 Å². The standard InChI is InChI=1S/C79H154O17P2/c1-6-10-13-16-19-22-25-27-29-30-31-33-35-38-44-49-54-59-64-78(83)95-74(69-90-77(82)63-58-53-48-43-37-34-32-28-26-23-20-17-14-11-7-2)70-93-97(85,86)91-66-73(80)67-92-98(87,88)94-71-75(68-89-76(81)62-57-52-47-42-36-24-21-18-15-12-8-3)96-79(84)65-60-55-50-45-40-39-41-46-51-56-61-72(5)9-4/h72-75,80H,6-71H2,1-5H3,(H,85,86)(H,87,88)/t72?,73-,74-,75-/m1/s1. The van der Waals surface area contributed by atoms with Crippen molar-refractivity contribution in [1.82, 2.24) is 0 Å². The highest BCUT2D eigenvalue weighted by Crippen LogP contribution is 2.45. The molecule has 0 aliphatic rings. The number of hydrogen-bond acceptors (Lipinski definition) is 15. The Hall–Kier alpha value is -1.94. The molecule has 0 heterocycles. The molecule has 6 atom stereocenters. The molecular weight excluding hydrogens is 1280 g/mol. The zero-order valence-electron chi connectivity index (χ0n) is 63.9. The van der Waals surface area contributed by atoms with E-state index in [1.165, 1.54) is 244 Å². The molecule has 0 fully saturated rings. The molecule has 0 aromatic carbocycles. The summed E-state index contributed by atoms with van der Waals surface area (Å²) in [6, 6.07) is 0. The van der Waals surface area contributed by atoms with Crippen LogP contribution in [0.1, 0.15) is 420 Å². The third kappa shape index (κ3) is 71.1. The number of ether oxygens (including phenoxy) is 4. The van der Waals surface area contributed by atoms with Crippen LogP contribution in [0, 0.1) is 5.92 Å². The van der Waals surface area contributed by atoms with Crippen molar-refractivity contribution < 1.29 is 80.2 Å². The van der Waals surface area contributed by atoms with E-state index in [1.54, 1.807) is 0 Å². The van der Waals surface area contributed by atoms with Crippen LogP contribution < -0.4 is 0 Å². The molecule has 0 bridgehead atoms. The van der Waals surface area contributed by atoms with E-state index in [0.717, 1.165) is 95.8 Å². The fourth-order valence-corrected chi connectivity index (χ4v) is 13.8. The van der Waals surface area contributed by atoms with Gasteiger partial charge in [0, 0.05) is 25.7 Å². The number of carbonyl (C=O) groups excluding carboxylic acids is 4. The lowest BCUT2D eigenvalue weighted by Crippen LogP contribution is -2.30. The molecular formula is C79H154O17P2. The fourth-order valence-electron chi connectivity index (χ4n) is 12.2. The lowest BCUT2D eigenvalue weighted by molar-refractivity contribution is -0.161. The van der Waals surface area contributed by atoms with Crippen LogP contribution >= 0.6 is 15.6 Å². The Morgan fingerprint density at radius 3 is 0.724 bits per heavy atom. The molecule has 0 aliphatic heterocycles. The number of aliphatic hydroxyl groups is 1. The second-order valence-corrected chi connectivity index (χ2v) is 31.6. The zero-order valence-corrected chi connectivity index (χ0v) is 65.7. The Morgan fingerprint density at radius 1 is 0.286 bits per heavy atom. The molecule has 0 aromatic heterocycles. The highest BCUT2D eigenvalue weighted by Gasteiger charge is 2.30. The minimum absolute atomic E-state index is 0.107. The van der Waals surface area contributed by atoms with Gasteiger partial charge in [-0.2, -0.15) is 0 Å². The average Bonchev–Trinajstić information content (AvgIpc) is 1.12. The fraction of sp³-hybridized carbons (Fsp3) is 0.949. The van der Waals surface area contributed by atoms with Crippen LogP contribution in [0.15, 0.2) is 0 Å². The summed E-state index contributed by atoms with van der Waals surface area (Å²) in [5, 5.41) is 10.6. The number of esters is 4. The van der Waals surface area contributed by atoms with Crippen molar-refractivity contribution in [2.45, 2.75) is 438 Å². The minimum atomic E-state index is -4.96. The van der Waals surface area contributed by atoms with Gasteiger partial charge in [0.1, 0.15) is 19.3 Å². The maximum atomic E-state index is 13.1. The number of aliphatic hydroxyl groups excluding tert-OH is 1. The van der Waals surface area contributed by atoms with Crippen LogP contribution in [-0.2, 0) is 65.4 Å². The van der Waals surface area contributed by atoms with Crippen LogP contribution in [-0.4, -0.2) is 96.7 Å². The molecule has 0 radical (unpaired) electrons. The van der Waals surface area contributed by atoms with E-state index >= 15 is 0 Å². The van der Waals surface area contributed by atoms with Crippen molar-refractivity contribution in [2.75, 3.05) is 39.6 Å². The van der Waals surface area contributed by atoms with Crippen LogP contribution in [0.25, 0.3) is 0 Å². The summed E-state index contributed by atoms with van der Waals surface area (Å²) in [6.45, 7) is 7.34. The first-order valence-corrected chi connectivity index (χ1v) is 44.2. The molecule has 19 heteroatoms. The predicted molar refractivity (Wildman–Crippen MR) is 400 cm³/mol. The smallest absolute Gasteiger partial charge is 0.462 e. The molecule has 0 aliphatic carbocycles. The molecule has 0 saturated heterocycles. The van der Waals surface area contributed by atoms with Crippen LogP contribution in [0.3, 0.4) is 0 Å². The van der Waals surface area contributed by atoms with Crippen molar-refractivity contribution in [2.24, 2.45) is 5.92 Å². The normalized spacial score (nSPS) is 14.2. The van der Waals surface area contributed by atoms with Gasteiger partial charge < -0.3 is 33.8 Å². The first-order valence-electron chi connectivity index (χ1n) is 41.2. The first-order chi connectivity index (χ1) is 47.6. The van der Waals surface area contributed by atoms with Crippen LogP contribution in [0.4, 0.5) is 0 Å². The summed E-state index contributed by atoms with van der Waals surface area (Å²) in [7, 11) is -9.92. The van der Waals surface area contributed by atoms with E-state index < -0.39 is 97.5 Å². The Balaban J connectivity index is 5.25. The Morgan fingerprint density at radius 2 is 0.490 bits per heavy atom. The number of phosphoric acid groups is 2. The van der Waals surface area contributed by atoms with E-state index in [0.29, 0.717) is 25.7 Å². The summed E-state index contributed by atoms with van der Waals surface area (Å²) >= 11 is 0. The van der Waals surface area contributed by atoms with Crippen LogP contribution in [0.2, 0.25) is 0 Å². The second-order valence-electron chi connectivity index (χ2n) is 28.7. The van der Waals surface area contributed by atoms with E-state index in [-0.39, 0.29) is 25.7 Å². The van der Waals surface area contributed by atoms with E-state index in [2.05, 4.69) is 34.6 Å². The molecule has 17 nitrogen and oxygen atoms in total. The van der Waals surface area contributed by atoms with Gasteiger partial charge in [-0.15, -0.1) is 0 Å². The first kappa shape index (κ1) is 96.1. The van der Waals surface area contributed by atoms with Crippen molar-refractivity contribution in [3.8, 4) is 0 Å². The molecule has 582 valence electrons. The van der Waals surface area contributed by atoms with E-state index in [1.807, 2.05) is 0 Å². The second kappa shape index (κ2) is 72.0. The van der Waals surface area contributed by atoms with E-state index in [4.69, 9.17) is 37.0 Å².